The highest BCUT2D eigenvalue weighted by molar-refractivity contribution is 14.0. The number of anilines is 1. The zero-order valence-corrected chi connectivity index (χ0v) is 21.5. The van der Waals surface area contributed by atoms with Gasteiger partial charge in [-0.15, -0.1) is 35.3 Å². The summed E-state index contributed by atoms with van der Waals surface area (Å²) < 4.78 is 27.0. The van der Waals surface area contributed by atoms with E-state index in [1.807, 2.05) is 19.9 Å². The Morgan fingerprint density at radius 2 is 1.90 bits per heavy atom. The maximum Gasteiger partial charge on any atom is 0.252 e. The highest BCUT2D eigenvalue weighted by Crippen LogP contribution is 2.28. The van der Waals surface area contributed by atoms with Gasteiger partial charge in [-0.3, -0.25) is 4.99 Å². The van der Waals surface area contributed by atoms with Crippen LogP contribution in [0, 0.1) is 0 Å². The molecule has 2 aromatic rings. The van der Waals surface area contributed by atoms with E-state index < -0.39 is 10.0 Å². The average molecular weight is 563 g/mol. The van der Waals surface area contributed by atoms with Crippen molar-refractivity contribution in [1.82, 2.24) is 4.31 Å². The Labute approximate surface area is 201 Å². The fourth-order valence-corrected chi connectivity index (χ4v) is 6.64. The maximum absolute atomic E-state index is 12.6. The standard InChI is InChI=1S/C21H30N4O2S2.HI/c1-3-25(4-2)29(26,27)20-13-12-17(28-20)14-15-23-21(22)24-19-11-7-9-16-8-5-6-10-18(16)19;/h7,9,11-13H,3-6,8,10,14-15H2,1-2H3,(H3,22,23,24);1H. The minimum absolute atomic E-state index is 0. The summed E-state index contributed by atoms with van der Waals surface area (Å²) in [4.78, 5) is 5.42. The summed E-state index contributed by atoms with van der Waals surface area (Å²) in [6.07, 6.45) is 5.31. The molecular weight excluding hydrogens is 531 g/mol. The summed E-state index contributed by atoms with van der Waals surface area (Å²) in [5.74, 6) is 0.400. The van der Waals surface area contributed by atoms with Crippen molar-refractivity contribution in [3.63, 3.8) is 0 Å². The first kappa shape index (κ1) is 25.1. The second kappa shape index (κ2) is 11.4. The van der Waals surface area contributed by atoms with Crippen LogP contribution in [0.5, 0.6) is 0 Å². The molecule has 0 fully saturated rings. The number of thiophene rings is 1. The third kappa shape index (κ3) is 5.95. The fourth-order valence-electron chi connectivity index (χ4n) is 3.68. The SMILES string of the molecule is CCN(CC)S(=O)(=O)c1ccc(CCN=C(N)Nc2cccc3c2CCCC3)s1.I. The molecule has 30 heavy (non-hydrogen) atoms. The number of nitrogens with zero attached hydrogens (tertiary/aromatic N) is 2. The molecule has 6 nitrogen and oxygen atoms in total. The molecule has 1 heterocycles. The Bertz CT molecular complexity index is 969. The molecule has 0 unspecified atom stereocenters. The van der Waals surface area contributed by atoms with E-state index in [2.05, 4.69) is 28.5 Å². The van der Waals surface area contributed by atoms with Gasteiger partial charge in [0.05, 0.1) is 0 Å². The predicted octanol–water partition coefficient (Wildman–Crippen LogP) is 4.24. The van der Waals surface area contributed by atoms with Gasteiger partial charge < -0.3 is 11.1 Å². The molecule has 9 heteroatoms. The van der Waals surface area contributed by atoms with E-state index in [-0.39, 0.29) is 24.0 Å². The van der Waals surface area contributed by atoms with Crippen molar-refractivity contribution < 1.29 is 8.42 Å². The van der Waals surface area contributed by atoms with Gasteiger partial charge in [0.15, 0.2) is 5.96 Å². The Hall–Kier alpha value is -1.17. The molecule has 0 radical (unpaired) electrons. The lowest BCUT2D eigenvalue weighted by molar-refractivity contribution is 0.447. The van der Waals surface area contributed by atoms with Crippen LogP contribution in [0.25, 0.3) is 0 Å². The highest BCUT2D eigenvalue weighted by atomic mass is 127. The van der Waals surface area contributed by atoms with Gasteiger partial charge in [-0.25, -0.2) is 8.42 Å². The van der Waals surface area contributed by atoms with Crippen molar-refractivity contribution in [1.29, 1.82) is 0 Å². The van der Waals surface area contributed by atoms with Gasteiger partial charge in [-0.1, -0.05) is 26.0 Å². The summed E-state index contributed by atoms with van der Waals surface area (Å²) in [7, 11) is -3.39. The van der Waals surface area contributed by atoms with Crippen LogP contribution >= 0.6 is 35.3 Å². The van der Waals surface area contributed by atoms with E-state index in [0.29, 0.717) is 36.2 Å². The Balaban J connectivity index is 0.00000320. The third-order valence-electron chi connectivity index (χ3n) is 5.24. The molecule has 1 aliphatic rings. The molecule has 0 aliphatic heterocycles. The van der Waals surface area contributed by atoms with Gasteiger partial charge in [-0.05, 0) is 55.0 Å². The van der Waals surface area contributed by atoms with E-state index in [4.69, 9.17) is 5.73 Å². The van der Waals surface area contributed by atoms with Crippen LogP contribution < -0.4 is 11.1 Å². The van der Waals surface area contributed by atoms with Crippen LogP contribution in [0.2, 0.25) is 0 Å². The molecule has 1 aromatic heterocycles. The van der Waals surface area contributed by atoms with Crippen molar-refractivity contribution in [3.8, 4) is 0 Å². The second-order valence-corrected chi connectivity index (χ2v) is 10.4. The summed E-state index contributed by atoms with van der Waals surface area (Å²) in [5, 5.41) is 3.24. The molecule has 0 amide bonds. The fraction of sp³-hybridized carbons (Fsp3) is 0.476. The van der Waals surface area contributed by atoms with Gasteiger partial charge in [0, 0.05) is 36.6 Å². The molecule has 3 N–H and O–H groups in total. The van der Waals surface area contributed by atoms with Gasteiger partial charge in [-0.2, -0.15) is 4.31 Å². The Morgan fingerprint density at radius 3 is 2.63 bits per heavy atom. The molecule has 1 aromatic carbocycles. The molecule has 1 aliphatic carbocycles. The third-order valence-corrected chi connectivity index (χ3v) is 8.90. The lowest BCUT2D eigenvalue weighted by Crippen LogP contribution is -2.29. The van der Waals surface area contributed by atoms with Crippen molar-refractivity contribution in [2.45, 2.75) is 50.2 Å². The van der Waals surface area contributed by atoms with E-state index in [1.54, 1.807) is 6.07 Å². The highest BCUT2D eigenvalue weighted by Gasteiger charge is 2.23. The number of guanidine groups is 1. The average Bonchev–Trinajstić information content (AvgIpc) is 3.19. The van der Waals surface area contributed by atoms with Crippen molar-refractivity contribution in [3.05, 3.63) is 46.3 Å². The number of sulfonamides is 1. The van der Waals surface area contributed by atoms with E-state index in [1.165, 1.54) is 39.6 Å². The second-order valence-electron chi connectivity index (χ2n) is 7.10. The molecule has 0 saturated carbocycles. The number of halogens is 1. The normalized spacial score (nSPS) is 14.3. The van der Waals surface area contributed by atoms with Gasteiger partial charge in [0.25, 0.3) is 10.0 Å². The van der Waals surface area contributed by atoms with Crippen molar-refractivity contribution in [2.24, 2.45) is 10.7 Å². The lowest BCUT2D eigenvalue weighted by Gasteiger charge is -2.19. The number of nitrogens with two attached hydrogens (primary N) is 1. The number of aryl methyl sites for hydroxylation is 1. The van der Waals surface area contributed by atoms with Crippen molar-refractivity contribution in [2.75, 3.05) is 25.0 Å². The topological polar surface area (TPSA) is 87.8 Å². The lowest BCUT2D eigenvalue weighted by atomic mass is 9.90. The van der Waals surface area contributed by atoms with Crippen LogP contribution in [-0.4, -0.2) is 38.3 Å². The van der Waals surface area contributed by atoms with Gasteiger partial charge >= 0.3 is 0 Å². The smallest absolute Gasteiger partial charge is 0.252 e. The summed E-state index contributed by atoms with van der Waals surface area (Å²) >= 11 is 1.31. The van der Waals surface area contributed by atoms with E-state index in [9.17, 15) is 8.42 Å². The van der Waals surface area contributed by atoms with Crippen LogP contribution in [0.4, 0.5) is 5.69 Å². The zero-order valence-electron chi connectivity index (χ0n) is 17.6. The van der Waals surface area contributed by atoms with Crippen LogP contribution in [0.15, 0.2) is 39.5 Å². The number of hydrogen-bond donors (Lipinski definition) is 2. The number of hydrogen-bond acceptors (Lipinski definition) is 4. The first-order valence-corrected chi connectivity index (χ1v) is 12.5. The van der Waals surface area contributed by atoms with E-state index >= 15 is 0 Å². The largest absolute Gasteiger partial charge is 0.370 e. The van der Waals surface area contributed by atoms with Crippen LogP contribution in [-0.2, 0) is 29.3 Å². The quantitative estimate of drug-likeness (QED) is 0.286. The monoisotopic (exact) mass is 562 g/mol. The summed E-state index contributed by atoms with van der Waals surface area (Å²) in [6, 6.07) is 9.86. The van der Waals surface area contributed by atoms with E-state index in [0.717, 1.165) is 23.4 Å². The number of benzene rings is 1. The molecule has 0 bridgehead atoms. The molecule has 0 atom stereocenters. The van der Waals surface area contributed by atoms with Crippen LogP contribution in [0.3, 0.4) is 0 Å². The predicted molar refractivity (Wildman–Crippen MR) is 137 cm³/mol. The maximum atomic E-state index is 12.6. The number of aliphatic imine (C=N–C) groups is 1. The molecular formula is C21H31IN4O2S2. The van der Waals surface area contributed by atoms with Gasteiger partial charge in [0.2, 0.25) is 0 Å². The molecule has 3 rings (SSSR count). The Kier molecular flexibility index (Phi) is 9.58. The molecule has 0 saturated heterocycles. The number of fused-ring (bicyclic) bond motifs is 1. The van der Waals surface area contributed by atoms with Gasteiger partial charge in [0.1, 0.15) is 4.21 Å². The van der Waals surface area contributed by atoms with Crippen molar-refractivity contribution >= 4 is 57.0 Å². The zero-order chi connectivity index (χ0) is 20.9. The molecule has 166 valence electrons. The minimum atomic E-state index is -3.39. The number of nitrogens with one attached hydrogen (secondary N) is 1. The first-order valence-electron chi connectivity index (χ1n) is 10.2. The summed E-state index contributed by atoms with van der Waals surface area (Å²) in [5.41, 5.74) is 9.89. The minimum Gasteiger partial charge on any atom is -0.370 e. The summed E-state index contributed by atoms with van der Waals surface area (Å²) in [6.45, 7) is 5.16. The number of rotatable bonds is 8. The first-order chi connectivity index (χ1) is 14.0. The van der Waals surface area contributed by atoms with Crippen LogP contribution in [0.1, 0.15) is 42.7 Å². The Morgan fingerprint density at radius 1 is 1.17 bits per heavy atom. The molecule has 0 spiro atoms.